The van der Waals surface area contributed by atoms with E-state index in [1.807, 2.05) is 0 Å². The number of carbonyl (C=O) groups is 1. The van der Waals surface area contributed by atoms with Crippen LogP contribution in [0.3, 0.4) is 0 Å². The number of benzene rings is 1. The largest absolute Gasteiger partial charge is 0.349 e. The summed E-state index contributed by atoms with van der Waals surface area (Å²) in [5.41, 5.74) is 1.18. The lowest BCUT2D eigenvalue weighted by molar-refractivity contribution is 0.0930. The van der Waals surface area contributed by atoms with Gasteiger partial charge in [-0.25, -0.2) is 8.42 Å². The Morgan fingerprint density at radius 3 is 2.55 bits per heavy atom. The minimum atomic E-state index is -2.98. The number of nitrogens with one attached hydrogen (secondary N) is 2. The summed E-state index contributed by atoms with van der Waals surface area (Å²) in [5, 5.41) is 7.49. The van der Waals surface area contributed by atoms with Crippen LogP contribution in [-0.2, 0) is 9.84 Å². The molecule has 2 atom stereocenters. The van der Waals surface area contributed by atoms with Gasteiger partial charge in [-0.05, 0) is 31.0 Å². The van der Waals surface area contributed by atoms with E-state index in [2.05, 4.69) is 15.6 Å². The number of anilines is 1. The Bertz CT molecular complexity index is 912. The van der Waals surface area contributed by atoms with Crippen molar-refractivity contribution in [3.05, 3.63) is 28.8 Å². The molecular formula is C20H26ClN3O3S2. The third-order valence-corrected chi connectivity index (χ3v) is 9.20. The predicted octanol–water partition coefficient (Wildman–Crippen LogP) is 3.86. The number of nitrogens with zero attached hydrogens (tertiary/aromatic N) is 1. The number of sulfone groups is 1. The highest BCUT2D eigenvalue weighted by Crippen LogP contribution is 2.35. The molecule has 1 amide bonds. The van der Waals surface area contributed by atoms with E-state index in [1.165, 1.54) is 31.0 Å². The van der Waals surface area contributed by atoms with E-state index in [0.717, 1.165) is 25.7 Å². The highest BCUT2D eigenvalue weighted by atomic mass is 35.5. The lowest BCUT2D eigenvalue weighted by Crippen LogP contribution is -2.35. The predicted molar refractivity (Wildman–Crippen MR) is 120 cm³/mol. The topological polar surface area (TPSA) is 87.6 Å². The number of halogens is 1. The van der Waals surface area contributed by atoms with Gasteiger partial charge in [0.1, 0.15) is 0 Å². The Morgan fingerprint density at radius 2 is 1.83 bits per heavy atom. The molecule has 9 heteroatoms. The van der Waals surface area contributed by atoms with Crippen LogP contribution < -0.4 is 10.6 Å². The average molecular weight is 456 g/mol. The molecule has 0 unspecified atom stereocenters. The van der Waals surface area contributed by atoms with Crippen molar-refractivity contribution in [1.82, 2.24) is 5.32 Å². The van der Waals surface area contributed by atoms with Crippen molar-refractivity contribution < 1.29 is 13.2 Å². The van der Waals surface area contributed by atoms with E-state index < -0.39 is 9.84 Å². The average Bonchev–Trinajstić information content (AvgIpc) is 3.11. The maximum atomic E-state index is 12.8. The minimum absolute atomic E-state index is 0.0351. The van der Waals surface area contributed by atoms with Crippen molar-refractivity contribution in [2.45, 2.75) is 62.3 Å². The molecule has 158 valence electrons. The van der Waals surface area contributed by atoms with Gasteiger partial charge in [0.15, 0.2) is 15.0 Å². The molecule has 2 fully saturated rings. The molecule has 2 heterocycles. The zero-order valence-electron chi connectivity index (χ0n) is 16.2. The zero-order valence-corrected chi connectivity index (χ0v) is 18.6. The van der Waals surface area contributed by atoms with Crippen LogP contribution in [0.15, 0.2) is 23.2 Å². The molecule has 0 bridgehead atoms. The normalized spacial score (nSPS) is 26.9. The molecule has 0 radical (unpaired) electrons. The molecule has 1 saturated heterocycles. The molecule has 0 spiro atoms. The first-order valence-corrected chi connectivity index (χ1v) is 13.3. The second kappa shape index (κ2) is 8.86. The van der Waals surface area contributed by atoms with E-state index in [-0.39, 0.29) is 34.7 Å². The van der Waals surface area contributed by atoms with Crippen molar-refractivity contribution in [3.8, 4) is 0 Å². The standard InChI is InChI=1S/C20H26ClN3O3S2/c21-15-9-8-13(19(25)22-14-6-4-2-1-3-5-7-14)10-16(15)23-20-24-17-11-29(26,27)12-18(17)28-20/h8-10,14,17-18H,1-7,11-12H2,(H,22,25)(H,23,24)/t17-,18-/m1/s1. The molecule has 1 aromatic carbocycles. The molecule has 3 aliphatic rings. The second-order valence-corrected chi connectivity index (χ2v) is 11.9. The number of amides is 1. The molecule has 2 aliphatic heterocycles. The lowest BCUT2D eigenvalue weighted by Gasteiger charge is -2.21. The van der Waals surface area contributed by atoms with Gasteiger partial charge in [0.25, 0.3) is 5.91 Å². The van der Waals surface area contributed by atoms with Crippen LogP contribution in [-0.4, -0.2) is 48.3 Å². The molecule has 0 aromatic heterocycles. The van der Waals surface area contributed by atoms with Gasteiger partial charge in [-0.1, -0.05) is 55.5 Å². The highest BCUT2D eigenvalue weighted by Gasteiger charge is 2.42. The Balaban J connectivity index is 1.42. The molecule has 4 rings (SSSR count). The van der Waals surface area contributed by atoms with Crippen molar-refractivity contribution in [2.24, 2.45) is 4.99 Å². The Hall–Kier alpha value is -1.25. The Morgan fingerprint density at radius 1 is 1.10 bits per heavy atom. The minimum Gasteiger partial charge on any atom is -0.349 e. The van der Waals surface area contributed by atoms with Crippen molar-refractivity contribution in [2.75, 3.05) is 16.8 Å². The van der Waals surface area contributed by atoms with E-state index in [1.54, 1.807) is 18.2 Å². The number of amidine groups is 1. The summed E-state index contributed by atoms with van der Waals surface area (Å²) in [6, 6.07) is 5.22. The maximum absolute atomic E-state index is 12.8. The summed E-state index contributed by atoms with van der Waals surface area (Å²) < 4.78 is 23.4. The van der Waals surface area contributed by atoms with Crippen molar-refractivity contribution in [3.63, 3.8) is 0 Å². The fourth-order valence-electron chi connectivity index (χ4n) is 4.16. The van der Waals surface area contributed by atoms with Gasteiger partial charge in [0, 0.05) is 16.9 Å². The Kier molecular flexibility index (Phi) is 6.41. The van der Waals surface area contributed by atoms with Gasteiger partial charge in [0.05, 0.1) is 28.3 Å². The number of carbonyl (C=O) groups excluding carboxylic acids is 1. The number of fused-ring (bicyclic) bond motifs is 1. The van der Waals surface area contributed by atoms with Crippen LogP contribution in [0, 0.1) is 0 Å². The molecule has 1 aromatic rings. The molecule has 2 N–H and O–H groups in total. The van der Waals surface area contributed by atoms with Gasteiger partial charge in [-0.15, -0.1) is 0 Å². The Labute approximate surface area is 181 Å². The highest BCUT2D eigenvalue weighted by molar-refractivity contribution is 8.15. The number of hydrogen-bond acceptors (Lipinski definition) is 6. The van der Waals surface area contributed by atoms with Crippen LogP contribution in [0.5, 0.6) is 0 Å². The third-order valence-electron chi connectivity index (χ3n) is 5.73. The number of rotatable bonds is 3. The second-order valence-electron chi connectivity index (χ2n) is 8.07. The summed E-state index contributed by atoms with van der Waals surface area (Å²) >= 11 is 7.76. The van der Waals surface area contributed by atoms with Crippen LogP contribution in [0.1, 0.15) is 55.3 Å². The molecule has 1 aliphatic carbocycles. The lowest BCUT2D eigenvalue weighted by atomic mass is 9.96. The van der Waals surface area contributed by atoms with Gasteiger partial charge in [0.2, 0.25) is 0 Å². The van der Waals surface area contributed by atoms with Gasteiger partial charge < -0.3 is 10.6 Å². The van der Waals surface area contributed by atoms with Gasteiger partial charge >= 0.3 is 0 Å². The fourth-order valence-corrected chi connectivity index (χ4v) is 8.00. The van der Waals surface area contributed by atoms with Crippen LogP contribution in [0.2, 0.25) is 5.02 Å². The van der Waals surface area contributed by atoms with E-state index >= 15 is 0 Å². The van der Waals surface area contributed by atoms with E-state index in [0.29, 0.717) is 21.4 Å². The first-order valence-electron chi connectivity index (χ1n) is 10.2. The number of hydrogen-bond donors (Lipinski definition) is 2. The maximum Gasteiger partial charge on any atom is 0.251 e. The zero-order chi connectivity index (χ0) is 20.4. The smallest absolute Gasteiger partial charge is 0.251 e. The summed E-state index contributed by atoms with van der Waals surface area (Å²) in [6.45, 7) is 0. The molecule has 6 nitrogen and oxygen atoms in total. The quantitative estimate of drug-likeness (QED) is 0.722. The van der Waals surface area contributed by atoms with E-state index in [4.69, 9.17) is 11.6 Å². The first kappa shape index (κ1) is 21.0. The van der Waals surface area contributed by atoms with Crippen LogP contribution in [0.4, 0.5) is 5.69 Å². The monoisotopic (exact) mass is 455 g/mol. The first-order chi connectivity index (χ1) is 13.9. The van der Waals surface area contributed by atoms with Crippen LogP contribution >= 0.6 is 23.4 Å². The molecule has 1 saturated carbocycles. The van der Waals surface area contributed by atoms with Gasteiger partial charge in [-0.2, -0.15) is 0 Å². The van der Waals surface area contributed by atoms with E-state index in [9.17, 15) is 13.2 Å². The third kappa shape index (κ3) is 5.27. The fraction of sp³-hybridized carbons (Fsp3) is 0.600. The summed E-state index contributed by atoms with van der Waals surface area (Å²) in [6.07, 6.45) is 8.16. The van der Waals surface area contributed by atoms with Crippen LogP contribution in [0.25, 0.3) is 0 Å². The molecule has 29 heavy (non-hydrogen) atoms. The molecular weight excluding hydrogens is 430 g/mol. The summed E-state index contributed by atoms with van der Waals surface area (Å²) in [7, 11) is -2.98. The van der Waals surface area contributed by atoms with Gasteiger partial charge in [-0.3, -0.25) is 9.79 Å². The summed E-state index contributed by atoms with van der Waals surface area (Å²) in [5.74, 6) is 0.182. The number of thioether (sulfide) groups is 1. The SMILES string of the molecule is O=C(NC1CCCCCCC1)c1ccc(Cl)c(NC2=N[C@@H]3CS(=O)(=O)C[C@H]3S2)c1. The summed E-state index contributed by atoms with van der Waals surface area (Å²) in [4.78, 5) is 17.3. The van der Waals surface area contributed by atoms with Crippen molar-refractivity contribution in [1.29, 1.82) is 0 Å². The number of aliphatic imine (C=N–C) groups is 1. The van der Waals surface area contributed by atoms with Crippen molar-refractivity contribution >= 4 is 50.0 Å².